The summed E-state index contributed by atoms with van der Waals surface area (Å²) >= 11 is 0. The van der Waals surface area contributed by atoms with Crippen molar-refractivity contribution < 1.29 is 49.9 Å². The van der Waals surface area contributed by atoms with Crippen LogP contribution in [0.3, 0.4) is 0 Å². The molecule has 0 unspecified atom stereocenters. The molecule has 0 aromatic carbocycles. The van der Waals surface area contributed by atoms with Crippen LogP contribution in [0.15, 0.2) is 0 Å². The van der Waals surface area contributed by atoms with Gasteiger partial charge in [0.1, 0.15) is 0 Å². The van der Waals surface area contributed by atoms with Crippen LogP contribution >= 0.6 is 0 Å². The lowest BCUT2D eigenvalue weighted by atomic mass is 10.4. The van der Waals surface area contributed by atoms with E-state index in [1.807, 2.05) is 6.92 Å². The van der Waals surface area contributed by atoms with Crippen molar-refractivity contribution in [3.05, 3.63) is 0 Å². The summed E-state index contributed by atoms with van der Waals surface area (Å²) in [6, 6.07) is 0. The van der Waals surface area contributed by atoms with E-state index in [1.54, 1.807) is 0 Å². The Morgan fingerprint density at radius 2 is 1.41 bits per heavy atom. The van der Waals surface area contributed by atoms with E-state index in [0.29, 0.717) is 6.61 Å². The lowest BCUT2D eigenvalue weighted by molar-refractivity contribution is -0.402. The van der Waals surface area contributed by atoms with Crippen molar-refractivity contribution in [1.82, 2.24) is 0 Å². The van der Waals surface area contributed by atoms with E-state index in [2.05, 4.69) is 14.7 Å². The maximum absolute atomic E-state index is 8.56. The lowest BCUT2D eigenvalue weighted by Gasteiger charge is -1.98. The van der Waals surface area contributed by atoms with Crippen LogP contribution in [0.4, 0.5) is 9.59 Å². The highest BCUT2D eigenvalue weighted by atomic mass is 17.3. The molecule has 10 heteroatoms. The molecule has 0 bridgehead atoms. The number of unbranched alkanes of at least 4 members (excludes halogenated alkanes) is 1. The molecule has 10 nitrogen and oxygen atoms in total. The first-order valence-electron chi connectivity index (χ1n) is 4.23. The molecule has 0 radical (unpaired) electrons. The summed E-state index contributed by atoms with van der Waals surface area (Å²) in [5.74, 6) is 0. The summed E-state index contributed by atoms with van der Waals surface area (Å²) in [7, 11) is 0. The summed E-state index contributed by atoms with van der Waals surface area (Å²) in [6.07, 6.45) is -1.66. The standard InChI is InChI=1S/C5H12O4.2CH2O3/c1-2-3-4-8-9-5-7-6;2*2-1(3)4/h6H,2-5H2,1H3;2*(H2,2,3,4). The van der Waals surface area contributed by atoms with Gasteiger partial charge in [-0.1, -0.05) is 13.3 Å². The number of carbonyl (C=O) groups is 2. The molecule has 5 N–H and O–H groups in total. The summed E-state index contributed by atoms with van der Waals surface area (Å²) in [5, 5.41) is 35.6. The zero-order valence-electron chi connectivity index (χ0n) is 9.11. The Morgan fingerprint density at radius 1 is 1.00 bits per heavy atom. The Morgan fingerprint density at radius 3 is 1.71 bits per heavy atom. The molecule has 0 aromatic rings. The van der Waals surface area contributed by atoms with Crippen molar-refractivity contribution in [2.45, 2.75) is 19.8 Å². The normalized spacial score (nSPS) is 8.12. The molecule has 0 rings (SSSR count). The summed E-state index contributed by atoms with van der Waals surface area (Å²) in [4.78, 5) is 29.5. The average molecular weight is 260 g/mol. The van der Waals surface area contributed by atoms with Gasteiger partial charge in [-0.3, -0.25) is 0 Å². The summed E-state index contributed by atoms with van der Waals surface area (Å²) in [5.41, 5.74) is 0. The van der Waals surface area contributed by atoms with E-state index in [0.717, 1.165) is 12.8 Å². The molecule has 0 atom stereocenters. The van der Waals surface area contributed by atoms with Gasteiger partial charge in [-0.25, -0.2) is 29.5 Å². The van der Waals surface area contributed by atoms with Crippen molar-refractivity contribution in [1.29, 1.82) is 0 Å². The van der Waals surface area contributed by atoms with Crippen LogP contribution in [-0.2, 0) is 14.7 Å². The second-order valence-electron chi connectivity index (χ2n) is 2.11. The first kappa shape index (κ1) is 20.8. The van der Waals surface area contributed by atoms with Gasteiger partial charge in [-0.2, -0.15) is 0 Å². The van der Waals surface area contributed by atoms with E-state index in [4.69, 9.17) is 35.3 Å². The van der Waals surface area contributed by atoms with Crippen molar-refractivity contribution in [2.24, 2.45) is 0 Å². The third-order valence-corrected chi connectivity index (χ3v) is 0.765. The topological polar surface area (TPSA) is 163 Å². The van der Waals surface area contributed by atoms with E-state index in [1.165, 1.54) is 0 Å². The average Bonchev–Trinajstić information content (AvgIpc) is 2.16. The number of rotatable bonds is 6. The van der Waals surface area contributed by atoms with Crippen LogP contribution in [0.2, 0.25) is 0 Å². The van der Waals surface area contributed by atoms with Crippen LogP contribution in [0.5, 0.6) is 0 Å². The number of hydrogen-bond acceptors (Lipinski definition) is 6. The Balaban J connectivity index is -0.000000205. The quantitative estimate of drug-likeness (QED) is 0.205. The Kier molecular flexibility index (Phi) is 24.3. The third-order valence-electron chi connectivity index (χ3n) is 0.765. The summed E-state index contributed by atoms with van der Waals surface area (Å²) in [6.45, 7) is 2.36. The zero-order valence-corrected chi connectivity index (χ0v) is 9.11. The predicted octanol–water partition coefficient (Wildman–Crippen LogP) is 1.63. The van der Waals surface area contributed by atoms with Crippen LogP contribution in [0, 0.1) is 0 Å². The van der Waals surface area contributed by atoms with Crippen LogP contribution in [0.25, 0.3) is 0 Å². The second-order valence-corrected chi connectivity index (χ2v) is 2.11. The molecule has 17 heavy (non-hydrogen) atoms. The maximum atomic E-state index is 8.56. The Bertz CT molecular complexity index is 144. The number of hydrogen-bond donors (Lipinski definition) is 5. The van der Waals surface area contributed by atoms with Gasteiger partial charge in [0.05, 0.1) is 6.61 Å². The van der Waals surface area contributed by atoms with Gasteiger partial charge in [0.2, 0.25) is 6.79 Å². The monoisotopic (exact) mass is 260 g/mol. The van der Waals surface area contributed by atoms with E-state index in [-0.39, 0.29) is 6.79 Å². The van der Waals surface area contributed by atoms with Gasteiger partial charge < -0.3 is 20.4 Å². The van der Waals surface area contributed by atoms with Crippen molar-refractivity contribution in [3.8, 4) is 0 Å². The fraction of sp³-hybridized carbons (Fsp3) is 0.714. The molecule has 0 aliphatic heterocycles. The SMILES string of the molecule is CCCCOOCOO.O=C(O)O.O=C(O)O. The molecule has 0 amide bonds. The van der Waals surface area contributed by atoms with Crippen LogP contribution in [0.1, 0.15) is 19.8 Å². The molecule has 0 saturated carbocycles. The maximum Gasteiger partial charge on any atom is 0.503 e. The molecule has 0 aromatic heterocycles. The first-order valence-corrected chi connectivity index (χ1v) is 4.23. The molecule has 104 valence electrons. The molecular formula is C7H16O10. The third kappa shape index (κ3) is 115. The van der Waals surface area contributed by atoms with E-state index in [9.17, 15) is 0 Å². The molecule has 0 saturated heterocycles. The van der Waals surface area contributed by atoms with E-state index >= 15 is 0 Å². The Labute approximate surface area is 96.4 Å². The van der Waals surface area contributed by atoms with Crippen LogP contribution in [-0.4, -0.2) is 51.4 Å². The fourth-order valence-corrected chi connectivity index (χ4v) is 0.318. The van der Waals surface area contributed by atoms with Gasteiger partial charge in [0, 0.05) is 0 Å². The van der Waals surface area contributed by atoms with Crippen molar-refractivity contribution >= 4 is 12.3 Å². The minimum absolute atomic E-state index is 0.232. The molecule has 0 aliphatic rings. The van der Waals surface area contributed by atoms with Crippen molar-refractivity contribution in [3.63, 3.8) is 0 Å². The highest BCUT2D eigenvalue weighted by molar-refractivity contribution is 5.53. The highest BCUT2D eigenvalue weighted by Crippen LogP contribution is 1.87. The fourth-order valence-electron chi connectivity index (χ4n) is 0.318. The molecule has 0 fully saturated rings. The smallest absolute Gasteiger partial charge is 0.450 e. The molecular weight excluding hydrogens is 244 g/mol. The van der Waals surface area contributed by atoms with Crippen LogP contribution < -0.4 is 0 Å². The minimum atomic E-state index is -1.83. The first-order chi connectivity index (χ1) is 7.88. The molecule has 0 aliphatic carbocycles. The van der Waals surface area contributed by atoms with Gasteiger partial charge in [-0.05, 0) is 6.42 Å². The Hall–Kier alpha value is -1.62. The van der Waals surface area contributed by atoms with Crippen molar-refractivity contribution in [2.75, 3.05) is 13.4 Å². The summed E-state index contributed by atoms with van der Waals surface area (Å²) < 4.78 is 0. The molecule has 0 spiro atoms. The van der Waals surface area contributed by atoms with Gasteiger partial charge in [0.15, 0.2) is 0 Å². The van der Waals surface area contributed by atoms with Gasteiger partial charge >= 0.3 is 12.3 Å². The van der Waals surface area contributed by atoms with Gasteiger partial charge in [0.25, 0.3) is 0 Å². The predicted molar refractivity (Wildman–Crippen MR) is 51.8 cm³/mol. The van der Waals surface area contributed by atoms with Gasteiger partial charge in [-0.15, -0.1) is 0 Å². The second kappa shape index (κ2) is 19.9. The largest absolute Gasteiger partial charge is 0.503 e. The minimum Gasteiger partial charge on any atom is -0.450 e. The number of carboxylic acid groups (broad SMARTS) is 4. The lowest BCUT2D eigenvalue weighted by Crippen LogP contribution is -1.99. The molecule has 0 heterocycles. The zero-order chi connectivity index (χ0) is 14.1. The highest BCUT2D eigenvalue weighted by Gasteiger charge is 1.85. The van der Waals surface area contributed by atoms with E-state index < -0.39 is 12.3 Å².